The number of nitrogens with zero attached hydrogens (tertiary/aromatic N) is 1. The lowest BCUT2D eigenvalue weighted by atomic mass is 9.86. The molecule has 2 fully saturated rings. The van der Waals surface area contributed by atoms with Crippen LogP contribution >= 0.6 is 0 Å². The summed E-state index contributed by atoms with van der Waals surface area (Å²) in [6, 6.07) is 7.49. The summed E-state index contributed by atoms with van der Waals surface area (Å²) < 4.78 is 11.4. The number of hydrogen-bond acceptors (Lipinski definition) is 6. The zero-order chi connectivity index (χ0) is 27.1. The van der Waals surface area contributed by atoms with Crippen LogP contribution in [-0.2, 0) is 19.7 Å². The summed E-state index contributed by atoms with van der Waals surface area (Å²) in [6.07, 6.45) is 8.19. The van der Waals surface area contributed by atoms with Gasteiger partial charge in [0.15, 0.2) is 17.3 Å². The molecule has 1 aromatic carbocycles. The maximum absolute atomic E-state index is 12.9. The molecule has 1 amide bonds. The molecule has 7 nitrogen and oxygen atoms in total. The fourth-order valence-corrected chi connectivity index (χ4v) is 5.41. The maximum Gasteiger partial charge on any atom is 0.220 e. The molecule has 208 valence electrons. The highest BCUT2D eigenvalue weighted by Gasteiger charge is 2.33. The van der Waals surface area contributed by atoms with Crippen LogP contribution < -0.4 is 5.32 Å². The molecular formula is C31H44N2O5. The van der Waals surface area contributed by atoms with Gasteiger partial charge in [0.1, 0.15) is 13.2 Å². The molecule has 1 aliphatic carbocycles. The van der Waals surface area contributed by atoms with E-state index in [1.54, 1.807) is 0 Å². The van der Waals surface area contributed by atoms with Crippen LogP contribution in [0, 0.1) is 5.92 Å². The van der Waals surface area contributed by atoms with Crippen molar-refractivity contribution >= 4 is 11.7 Å². The van der Waals surface area contributed by atoms with Crippen LogP contribution in [0.25, 0.3) is 0 Å². The largest absolute Gasteiger partial charge is 0.486 e. The van der Waals surface area contributed by atoms with Gasteiger partial charge in [0, 0.05) is 30.9 Å². The minimum Gasteiger partial charge on any atom is -0.486 e. The van der Waals surface area contributed by atoms with Crippen molar-refractivity contribution in [2.75, 3.05) is 32.8 Å². The molecular weight excluding hydrogens is 480 g/mol. The smallest absolute Gasteiger partial charge is 0.220 e. The first-order valence-corrected chi connectivity index (χ1v) is 14.2. The molecule has 0 spiro atoms. The number of likely N-dealkylation sites (tertiary alicyclic amines) is 1. The second kappa shape index (κ2) is 12.9. The van der Waals surface area contributed by atoms with E-state index in [1.165, 1.54) is 5.56 Å². The molecule has 1 aromatic rings. The van der Waals surface area contributed by atoms with Gasteiger partial charge in [-0.25, -0.2) is 0 Å². The van der Waals surface area contributed by atoms with Crippen molar-refractivity contribution in [3.05, 3.63) is 59.1 Å². The average Bonchev–Trinajstić information content (AvgIpc) is 3.42. The molecule has 2 aliphatic heterocycles. The van der Waals surface area contributed by atoms with Gasteiger partial charge >= 0.3 is 0 Å². The number of nitrogens with one attached hydrogen (secondary N) is 1. The highest BCUT2D eigenvalue weighted by Crippen LogP contribution is 2.30. The van der Waals surface area contributed by atoms with Crippen LogP contribution in [0.3, 0.4) is 0 Å². The van der Waals surface area contributed by atoms with E-state index >= 15 is 0 Å². The van der Waals surface area contributed by atoms with Crippen LogP contribution in [-0.4, -0.2) is 66.7 Å². The molecule has 0 radical (unpaired) electrons. The van der Waals surface area contributed by atoms with Crippen LogP contribution in [0.15, 0.2) is 47.9 Å². The molecule has 2 saturated heterocycles. The summed E-state index contributed by atoms with van der Waals surface area (Å²) in [5.41, 5.74) is 1.99. The van der Waals surface area contributed by atoms with Crippen LogP contribution in [0.5, 0.6) is 0 Å². The van der Waals surface area contributed by atoms with Crippen molar-refractivity contribution in [2.24, 2.45) is 5.92 Å². The molecule has 7 heteroatoms. The first-order chi connectivity index (χ1) is 18.2. The molecule has 4 rings (SSSR count). The molecule has 2 N–H and O–H groups in total. The number of benzene rings is 1. The Morgan fingerprint density at radius 3 is 2.37 bits per heavy atom. The number of amides is 1. The molecule has 38 heavy (non-hydrogen) atoms. The Morgan fingerprint density at radius 1 is 1.03 bits per heavy atom. The van der Waals surface area contributed by atoms with Crippen molar-refractivity contribution in [3.8, 4) is 0 Å². The van der Waals surface area contributed by atoms with E-state index in [0.29, 0.717) is 57.6 Å². The van der Waals surface area contributed by atoms with E-state index in [1.807, 2.05) is 36.4 Å². The second-order valence-electron chi connectivity index (χ2n) is 11.8. The number of Topliss-reactive ketones (excluding diaryl/α,β-unsaturated/α-hetero) is 1. The second-order valence-corrected chi connectivity index (χ2v) is 11.8. The number of allylic oxidation sites excluding steroid dienone is 1. The lowest BCUT2D eigenvalue weighted by molar-refractivity contribution is -0.123. The SMILES string of the molecule is CC(C)(C)c1ccc(C(=O)CCCCC(=O)N[C@H](CN2CCCC2)[C@H](O)C2C=C3OCCOC3=CC2)cc1. The lowest BCUT2D eigenvalue weighted by Gasteiger charge is -2.34. The Hall–Kier alpha value is -2.64. The zero-order valence-corrected chi connectivity index (χ0v) is 23.2. The summed E-state index contributed by atoms with van der Waals surface area (Å²) in [5.74, 6) is 1.33. The Bertz CT molecular complexity index is 1020. The summed E-state index contributed by atoms with van der Waals surface area (Å²) in [7, 11) is 0. The highest BCUT2D eigenvalue weighted by molar-refractivity contribution is 5.96. The minimum absolute atomic E-state index is 0.0563. The van der Waals surface area contributed by atoms with Crippen LogP contribution in [0.2, 0.25) is 0 Å². The molecule has 0 aromatic heterocycles. The Kier molecular flexibility index (Phi) is 9.66. The number of hydrogen-bond donors (Lipinski definition) is 2. The van der Waals surface area contributed by atoms with Gasteiger partial charge in [-0.2, -0.15) is 0 Å². The summed E-state index contributed by atoms with van der Waals surface area (Å²) >= 11 is 0. The lowest BCUT2D eigenvalue weighted by Crippen LogP contribution is -2.52. The fourth-order valence-electron chi connectivity index (χ4n) is 5.41. The van der Waals surface area contributed by atoms with Crippen molar-refractivity contribution in [2.45, 2.75) is 83.3 Å². The van der Waals surface area contributed by atoms with Crippen LogP contribution in [0.4, 0.5) is 0 Å². The zero-order valence-electron chi connectivity index (χ0n) is 23.2. The van der Waals surface area contributed by atoms with E-state index in [9.17, 15) is 14.7 Å². The van der Waals surface area contributed by atoms with Gasteiger partial charge in [0.25, 0.3) is 0 Å². The third kappa shape index (κ3) is 7.70. The monoisotopic (exact) mass is 524 g/mol. The van der Waals surface area contributed by atoms with Gasteiger partial charge in [-0.05, 0) is 68.3 Å². The predicted octanol–water partition coefficient (Wildman–Crippen LogP) is 4.50. The molecule has 3 aliphatic rings. The number of unbranched alkanes of at least 4 members (excludes halogenated alkanes) is 1. The number of carbonyl (C=O) groups is 2. The van der Waals surface area contributed by atoms with Crippen molar-refractivity contribution in [1.29, 1.82) is 0 Å². The number of aliphatic hydroxyl groups excluding tert-OH is 1. The number of ketones is 1. The fraction of sp³-hybridized carbons (Fsp3) is 0.613. The number of carbonyl (C=O) groups excluding carboxylic acids is 2. The summed E-state index contributed by atoms with van der Waals surface area (Å²) in [5, 5.41) is 14.4. The van der Waals surface area contributed by atoms with Gasteiger partial charge in [-0.3, -0.25) is 9.59 Å². The number of rotatable bonds is 11. The molecule has 1 unspecified atom stereocenters. The first-order valence-electron chi connectivity index (χ1n) is 14.2. The first kappa shape index (κ1) is 28.4. The van der Waals surface area contributed by atoms with E-state index in [0.717, 1.165) is 37.3 Å². The Morgan fingerprint density at radius 2 is 1.68 bits per heavy atom. The van der Waals surface area contributed by atoms with Crippen LogP contribution in [0.1, 0.15) is 81.6 Å². The van der Waals surface area contributed by atoms with E-state index in [-0.39, 0.29) is 29.1 Å². The van der Waals surface area contributed by atoms with Gasteiger partial charge in [-0.15, -0.1) is 0 Å². The Balaban J connectivity index is 1.26. The topological polar surface area (TPSA) is 88.1 Å². The number of ether oxygens (including phenoxy) is 2. The van der Waals surface area contributed by atoms with Gasteiger partial charge in [0.2, 0.25) is 5.91 Å². The summed E-state index contributed by atoms with van der Waals surface area (Å²) in [4.78, 5) is 27.8. The normalized spacial score (nSPS) is 21.3. The summed E-state index contributed by atoms with van der Waals surface area (Å²) in [6.45, 7) is 10.1. The quantitative estimate of drug-likeness (QED) is 0.327. The third-order valence-electron chi connectivity index (χ3n) is 7.76. The molecule has 0 saturated carbocycles. The van der Waals surface area contributed by atoms with Crippen molar-refractivity contribution < 1.29 is 24.2 Å². The Labute approximate surface area is 227 Å². The van der Waals surface area contributed by atoms with Crippen molar-refractivity contribution in [3.63, 3.8) is 0 Å². The molecule has 2 heterocycles. The third-order valence-corrected chi connectivity index (χ3v) is 7.76. The maximum atomic E-state index is 12.9. The van der Waals surface area contributed by atoms with E-state index in [2.05, 4.69) is 31.0 Å². The number of aliphatic hydroxyl groups is 1. The van der Waals surface area contributed by atoms with E-state index < -0.39 is 6.10 Å². The predicted molar refractivity (Wildman–Crippen MR) is 148 cm³/mol. The number of fused-ring (bicyclic) bond motifs is 1. The van der Waals surface area contributed by atoms with Gasteiger partial charge in [-0.1, -0.05) is 45.0 Å². The van der Waals surface area contributed by atoms with Gasteiger partial charge < -0.3 is 24.8 Å². The average molecular weight is 525 g/mol. The van der Waals surface area contributed by atoms with E-state index in [4.69, 9.17) is 9.47 Å². The van der Waals surface area contributed by atoms with Gasteiger partial charge in [0.05, 0.1) is 12.1 Å². The molecule has 0 bridgehead atoms. The minimum atomic E-state index is -0.729. The highest BCUT2D eigenvalue weighted by atomic mass is 16.6. The standard InChI is InChI=1S/C31H44N2O5/c1-31(2,3)24-13-10-22(11-14-24)26(34)8-4-5-9-29(35)32-25(21-33-16-6-7-17-33)30(36)23-12-15-27-28(20-23)38-19-18-37-27/h10-11,13-15,20,23,25,30,36H,4-9,12,16-19,21H2,1-3H3,(H,32,35)/t23?,25-,30-/m1/s1. The van der Waals surface area contributed by atoms with Crippen molar-refractivity contribution in [1.82, 2.24) is 10.2 Å². The molecule has 3 atom stereocenters.